The molecule has 3 aromatic carbocycles. The van der Waals surface area contributed by atoms with E-state index in [4.69, 9.17) is 4.74 Å². The van der Waals surface area contributed by atoms with E-state index in [1.54, 1.807) is 53.3 Å². The van der Waals surface area contributed by atoms with E-state index in [1.165, 1.54) is 23.9 Å². The molecule has 2 heterocycles. The number of nitrogens with zero attached hydrogens (tertiary/aromatic N) is 2. The number of hydrogen-bond acceptors (Lipinski definition) is 4. The van der Waals surface area contributed by atoms with Crippen LogP contribution in [0.2, 0.25) is 0 Å². The van der Waals surface area contributed by atoms with E-state index in [0.29, 0.717) is 24.4 Å². The summed E-state index contributed by atoms with van der Waals surface area (Å²) in [6, 6.07) is 20.8. The summed E-state index contributed by atoms with van der Waals surface area (Å²) in [5.74, 6) is -0.118. The zero-order chi connectivity index (χ0) is 24.1. The third kappa shape index (κ3) is 3.55. The van der Waals surface area contributed by atoms with Crippen LogP contribution in [0.1, 0.15) is 35.3 Å². The van der Waals surface area contributed by atoms with Crippen LogP contribution >= 0.6 is 11.8 Å². The highest BCUT2D eigenvalue weighted by atomic mass is 32.2. The molecule has 0 N–H and O–H groups in total. The molecule has 3 aromatic rings. The minimum Gasteiger partial charge on any atom is -0.497 e. The molecular weight excluding hydrogens is 451 g/mol. The third-order valence-corrected chi connectivity index (χ3v) is 7.85. The van der Waals surface area contributed by atoms with Crippen molar-refractivity contribution >= 4 is 29.3 Å². The van der Waals surface area contributed by atoms with Crippen molar-refractivity contribution in [3.05, 3.63) is 95.3 Å². The van der Waals surface area contributed by atoms with Gasteiger partial charge in [-0.25, -0.2) is 4.39 Å². The van der Waals surface area contributed by atoms with Crippen molar-refractivity contribution < 1.29 is 18.7 Å². The van der Waals surface area contributed by atoms with Gasteiger partial charge in [0.2, 0.25) is 0 Å². The van der Waals surface area contributed by atoms with Crippen LogP contribution < -0.4 is 9.64 Å². The van der Waals surface area contributed by atoms with E-state index in [9.17, 15) is 14.0 Å². The fraction of sp³-hybridized carbons (Fsp3) is 0.259. The molecule has 5 rings (SSSR count). The number of amides is 2. The Hall–Kier alpha value is -3.32. The summed E-state index contributed by atoms with van der Waals surface area (Å²) >= 11 is 1.51. The lowest BCUT2D eigenvalue weighted by atomic mass is 10.0. The van der Waals surface area contributed by atoms with E-state index >= 15 is 0 Å². The number of halogens is 1. The Labute approximate surface area is 202 Å². The predicted octanol–water partition coefficient (Wildman–Crippen LogP) is 5.20. The molecule has 34 heavy (non-hydrogen) atoms. The van der Waals surface area contributed by atoms with Crippen molar-refractivity contribution in [1.29, 1.82) is 0 Å². The zero-order valence-electron chi connectivity index (χ0n) is 19.2. The summed E-state index contributed by atoms with van der Waals surface area (Å²) in [4.78, 5) is 30.3. The highest BCUT2D eigenvalue weighted by molar-refractivity contribution is 8.02. The average Bonchev–Trinajstić information content (AvgIpc) is 3.26. The Balaban J connectivity index is 1.61. The molecule has 2 amide bonds. The maximum atomic E-state index is 14.2. The first-order valence-corrected chi connectivity index (χ1v) is 11.9. The molecule has 2 aliphatic heterocycles. The maximum Gasteiger partial charge on any atom is 0.268 e. The van der Waals surface area contributed by atoms with Gasteiger partial charge in [0.05, 0.1) is 19.3 Å². The van der Waals surface area contributed by atoms with Crippen molar-refractivity contribution in [2.45, 2.75) is 30.0 Å². The van der Waals surface area contributed by atoms with Crippen molar-refractivity contribution in [3.8, 4) is 5.75 Å². The van der Waals surface area contributed by atoms with Gasteiger partial charge < -0.3 is 14.5 Å². The van der Waals surface area contributed by atoms with Gasteiger partial charge in [-0.1, -0.05) is 36.4 Å². The summed E-state index contributed by atoms with van der Waals surface area (Å²) in [6.45, 7) is 4.81. The maximum absolute atomic E-state index is 14.2. The monoisotopic (exact) mass is 476 g/mol. The molecule has 0 radical (unpaired) electrons. The Morgan fingerprint density at radius 2 is 1.79 bits per heavy atom. The molecule has 1 unspecified atom stereocenters. The SMILES string of the molecule is COc1cccc(C(=O)N2CC(C)(C)SC23C(=O)N(Cc2ccc(F)cc2)c2ccccc23)c1. The minimum absolute atomic E-state index is 0.162. The highest BCUT2D eigenvalue weighted by Crippen LogP contribution is 2.60. The lowest BCUT2D eigenvalue weighted by molar-refractivity contribution is -0.123. The lowest BCUT2D eigenvalue weighted by Gasteiger charge is -2.33. The fourth-order valence-corrected chi connectivity index (χ4v) is 6.53. The van der Waals surface area contributed by atoms with Crippen LogP contribution in [0.25, 0.3) is 0 Å². The topological polar surface area (TPSA) is 49.9 Å². The molecule has 1 saturated heterocycles. The highest BCUT2D eigenvalue weighted by Gasteiger charge is 2.63. The molecule has 2 aliphatic rings. The second-order valence-corrected chi connectivity index (χ2v) is 11.1. The number of thioether (sulfide) groups is 1. The van der Waals surface area contributed by atoms with Gasteiger partial charge in [0.1, 0.15) is 11.6 Å². The molecule has 174 valence electrons. The van der Waals surface area contributed by atoms with Gasteiger partial charge >= 0.3 is 0 Å². The quantitative estimate of drug-likeness (QED) is 0.519. The Morgan fingerprint density at radius 1 is 1.06 bits per heavy atom. The van der Waals surface area contributed by atoms with Crippen LogP contribution in [-0.2, 0) is 16.2 Å². The van der Waals surface area contributed by atoms with Gasteiger partial charge in [0, 0.05) is 22.4 Å². The zero-order valence-corrected chi connectivity index (χ0v) is 20.1. The lowest BCUT2D eigenvalue weighted by Crippen LogP contribution is -2.50. The van der Waals surface area contributed by atoms with Gasteiger partial charge in [-0.3, -0.25) is 9.59 Å². The van der Waals surface area contributed by atoms with Crippen molar-refractivity contribution in [2.75, 3.05) is 18.6 Å². The second-order valence-electron chi connectivity index (χ2n) is 9.16. The van der Waals surface area contributed by atoms with Crippen molar-refractivity contribution in [3.63, 3.8) is 0 Å². The summed E-state index contributed by atoms with van der Waals surface area (Å²) in [7, 11) is 1.56. The van der Waals surface area contributed by atoms with Gasteiger partial charge in [0.15, 0.2) is 4.87 Å². The number of para-hydroxylation sites is 1. The van der Waals surface area contributed by atoms with Gasteiger partial charge in [-0.2, -0.15) is 0 Å². The standard InChI is InChI=1S/C27H25FN2O3S/c1-26(2)17-30(24(31)19-7-6-8-21(15-19)33-3)27(34-26)22-9-4-5-10-23(22)29(25(27)32)16-18-11-13-20(28)14-12-18/h4-15H,16-17H2,1-3H3. The third-order valence-electron chi connectivity index (χ3n) is 6.25. The molecular formula is C27H25FN2O3S. The van der Waals surface area contributed by atoms with Crippen LogP contribution in [0.5, 0.6) is 5.75 Å². The molecule has 0 bridgehead atoms. The van der Waals surface area contributed by atoms with Crippen LogP contribution in [0.15, 0.2) is 72.8 Å². The van der Waals surface area contributed by atoms with Gasteiger partial charge in [-0.05, 0) is 55.8 Å². The molecule has 0 aliphatic carbocycles. The number of carbonyl (C=O) groups excluding carboxylic acids is 2. The number of carbonyl (C=O) groups is 2. The summed E-state index contributed by atoms with van der Waals surface area (Å²) in [5.41, 5.74) is 2.85. The molecule has 0 aromatic heterocycles. The average molecular weight is 477 g/mol. The molecule has 0 saturated carbocycles. The molecule has 1 atom stereocenters. The number of ether oxygens (including phenoxy) is 1. The normalized spacial score (nSPS) is 20.6. The molecule has 1 fully saturated rings. The van der Waals surface area contributed by atoms with E-state index in [1.807, 2.05) is 24.3 Å². The van der Waals surface area contributed by atoms with E-state index < -0.39 is 4.87 Å². The fourth-order valence-electron chi connectivity index (χ4n) is 4.80. The first kappa shape index (κ1) is 22.5. The number of benzene rings is 3. The number of hydrogen-bond donors (Lipinski definition) is 0. The first-order valence-electron chi connectivity index (χ1n) is 11.1. The van der Waals surface area contributed by atoms with Crippen LogP contribution in [-0.4, -0.2) is 35.1 Å². The van der Waals surface area contributed by atoms with Gasteiger partial charge in [-0.15, -0.1) is 11.8 Å². The van der Waals surface area contributed by atoms with E-state index in [2.05, 4.69) is 13.8 Å². The van der Waals surface area contributed by atoms with Crippen LogP contribution in [0, 0.1) is 5.82 Å². The number of fused-ring (bicyclic) bond motifs is 2. The smallest absolute Gasteiger partial charge is 0.268 e. The Bertz CT molecular complexity index is 1280. The van der Waals surface area contributed by atoms with E-state index in [-0.39, 0.29) is 22.4 Å². The number of methoxy groups -OCH3 is 1. The molecule has 7 heteroatoms. The Morgan fingerprint density at radius 3 is 2.53 bits per heavy atom. The first-order chi connectivity index (χ1) is 16.2. The second kappa shape index (κ2) is 8.17. The van der Waals surface area contributed by atoms with Gasteiger partial charge in [0.25, 0.3) is 11.8 Å². The number of anilines is 1. The molecule has 1 spiro atoms. The largest absolute Gasteiger partial charge is 0.497 e. The van der Waals surface area contributed by atoms with Crippen LogP contribution in [0.3, 0.4) is 0 Å². The van der Waals surface area contributed by atoms with E-state index in [0.717, 1.165) is 16.8 Å². The predicted molar refractivity (Wildman–Crippen MR) is 131 cm³/mol. The Kier molecular flexibility index (Phi) is 5.40. The molecule has 5 nitrogen and oxygen atoms in total. The summed E-state index contributed by atoms with van der Waals surface area (Å²) in [6.07, 6.45) is 0. The summed E-state index contributed by atoms with van der Waals surface area (Å²) in [5, 5.41) is 0. The van der Waals surface area contributed by atoms with Crippen LogP contribution in [0.4, 0.5) is 10.1 Å². The van der Waals surface area contributed by atoms with Crippen molar-refractivity contribution in [1.82, 2.24) is 4.90 Å². The summed E-state index contributed by atoms with van der Waals surface area (Å²) < 4.78 is 18.4. The minimum atomic E-state index is -1.18. The van der Waals surface area contributed by atoms with Crippen molar-refractivity contribution in [2.24, 2.45) is 0 Å². The number of rotatable bonds is 4.